The van der Waals surface area contributed by atoms with Crippen LogP contribution in [0.15, 0.2) is 41.2 Å². The van der Waals surface area contributed by atoms with E-state index in [2.05, 4.69) is 5.10 Å². The Morgan fingerprint density at radius 1 is 1.11 bits per heavy atom. The molecule has 7 nitrogen and oxygen atoms in total. The first kappa shape index (κ1) is 17.3. The summed E-state index contributed by atoms with van der Waals surface area (Å²) < 4.78 is 13.3. The van der Waals surface area contributed by atoms with Crippen LogP contribution in [0.2, 0.25) is 0 Å². The van der Waals surface area contributed by atoms with Gasteiger partial charge in [0.2, 0.25) is 6.10 Å². The van der Waals surface area contributed by atoms with E-state index in [1.165, 1.54) is 0 Å². The zero-order valence-electron chi connectivity index (χ0n) is 15.8. The molecule has 1 aliphatic carbocycles. The molecule has 2 atom stereocenters. The molecule has 1 aromatic carbocycles. The quantitative estimate of drug-likeness (QED) is 0.808. The molecule has 1 saturated heterocycles. The molecule has 2 fully saturated rings. The fraction of sp³-hybridized carbons (Fsp3) is 0.476. The molecule has 5 rings (SSSR count). The maximum atomic E-state index is 12.9. The van der Waals surface area contributed by atoms with Gasteiger partial charge in [-0.1, -0.05) is 12.1 Å². The largest absolute Gasteiger partial charge is 0.482 e. The summed E-state index contributed by atoms with van der Waals surface area (Å²) in [6.07, 6.45) is 1.32. The molecule has 0 radical (unpaired) electrons. The van der Waals surface area contributed by atoms with Gasteiger partial charge in [-0.25, -0.2) is 4.68 Å². The third-order valence-corrected chi connectivity index (χ3v) is 5.67. The van der Waals surface area contributed by atoms with Crippen LogP contribution in [0.1, 0.15) is 31.4 Å². The smallest absolute Gasteiger partial charge is 0.267 e. The van der Waals surface area contributed by atoms with Gasteiger partial charge in [0.15, 0.2) is 11.5 Å². The Hall–Kier alpha value is -2.83. The maximum Gasteiger partial charge on any atom is 0.267 e. The number of nitrogens with zero attached hydrogens (tertiary/aromatic N) is 3. The van der Waals surface area contributed by atoms with Crippen LogP contribution in [0.4, 0.5) is 0 Å². The van der Waals surface area contributed by atoms with Crippen molar-refractivity contribution in [2.45, 2.75) is 44.4 Å². The fourth-order valence-corrected chi connectivity index (χ4v) is 3.87. The van der Waals surface area contributed by atoms with Gasteiger partial charge in [-0.15, -0.1) is 0 Å². The summed E-state index contributed by atoms with van der Waals surface area (Å²) in [6, 6.07) is 10.8. The Bertz CT molecular complexity index is 962. The number of fused-ring (bicyclic) bond motifs is 1. The van der Waals surface area contributed by atoms with Gasteiger partial charge < -0.3 is 14.4 Å². The zero-order chi connectivity index (χ0) is 19.3. The Labute approximate surface area is 162 Å². The number of amides is 1. The normalized spacial score (nSPS) is 24.0. The molecule has 0 N–H and O–H groups in total. The van der Waals surface area contributed by atoms with Crippen molar-refractivity contribution in [3.63, 3.8) is 0 Å². The molecule has 2 aromatic rings. The van der Waals surface area contributed by atoms with E-state index in [1.807, 2.05) is 37.3 Å². The standard InChI is InChI=1S/C21H23N3O4/c1-13-20(28-18-5-3-2-4-17(18)27-13)21(26)23-10-14(11-23)12-24-19(25)9-8-16(22-24)15-6-7-15/h2-5,8-9,13-15,20H,6-7,10-12H2,1H3. The van der Waals surface area contributed by atoms with Crippen LogP contribution in [0, 0.1) is 5.92 Å². The number of hydrogen-bond acceptors (Lipinski definition) is 5. The molecule has 2 aliphatic heterocycles. The van der Waals surface area contributed by atoms with E-state index >= 15 is 0 Å². The molecule has 3 aliphatic rings. The maximum absolute atomic E-state index is 12.9. The summed E-state index contributed by atoms with van der Waals surface area (Å²) in [4.78, 5) is 26.7. The third-order valence-electron chi connectivity index (χ3n) is 5.67. The molecule has 2 unspecified atom stereocenters. The summed E-state index contributed by atoms with van der Waals surface area (Å²) >= 11 is 0. The topological polar surface area (TPSA) is 73.7 Å². The van der Waals surface area contributed by atoms with Gasteiger partial charge in [0.25, 0.3) is 11.5 Å². The Morgan fingerprint density at radius 2 is 1.82 bits per heavy atom. The van der Waals surface area contributed by atoms with Crippen molar-refractivity contribution in [2.24, 2.45) is 5.92 Å². The van der Waals surface area contributed by atoms with Gasteiger partial charge in [0.1, 0.15) is 6.10 Å². The molecule has 146 valence electrons. The molecule has 1 saturated carbocycles. The lowest BCUT2D eigenvalue weighted by molar-refractivity contribution is -0.151. The molecule has 0 spiro atoms. The first-order valence-corrected chi connectivity index (χ1v) is 9.87. The van der Waals surface area contributed by atoms with Crippen molar-refractivity contribution in [1.82, 2.24) is 14.7 Å². The second-order valence-electron chi connectivity index (χ2n) is 7.97. The van der Waals surface area contributed by atoms with E-state index in [1.54, 1.807) is 15.6 Å². The Kier molecular flexibility index (Phi) is 4.10. The summed E-state index contributed by atoms with van der Waals surface area (Å²) in [5, 5.41) is 4.51. The van der Waals surface area contributed by atoms with Gasteiger partial charge in [-0.05, 0) is 38.0 Å². The number of carbonyl (C=O) groups excluding carboxylic acids is 1. The first-order valence-electron chi connectivity index (χ1n) is 9.87. The number of para-hydroxylation sites is 2. The van der Waals surface area contributed by atoms with E-state index in [4.69, 9.17) is 9.47 Å². The summed E-state index contributed by atoms with van der Waals surface area (Å²) in [7, 11) is 0. The van der Waals surface area contributed by atoms with E-state index in [-0.39, 0.29) is 23.5 Å². The van der Waals surface area contributed by atoms with Crippen LogP contribution in [0.25, 0.3) is 0 Å². The van der Waals surface area contributed by atoms with Crippen LogP contribution in [-0.2, 0) is 11.3 Å². The molecule has 1 amide bonds. The Balaban J connectivity index is 1.21. The molecule has 28 heavy (non-hydrogen) atoms. The lowest BCUT2D eigenvalue weighted by Crippen LogP contribution is -2.59. The highest BCUT2D eigenvalue weighted by Crippen LogP contribution is 2.38. The highest BCUT2D eigenvalue weighted by molar-refractivity contribution is 5.83. The van der Waals surface area contributed by atoms with E-state index in [9.17, 15) is 9.59 Å². The van der Waals surface area contributed by atoms with Crippen molar-refractivity contribution in [3.05, 3.63) is 52.4 Å². The average molecular weight is 381 g/mol. The van der Waals surface area contributed by atoms with E-state index in [0.717, 1.165) is 18.5 Å². The van der Waals surface area contributed by atoms with Crippen molar-refractivity contribution < 1.29 is 14.3 Å². The zero-order valence-corrected chi connectivity index (χ0v) is 15.8. The predicted octanol–water partition coefficient (Wildman–Crippen LogP) is 1.81. The van der Waals surface area contributed by atoms with Crippen molar-refractivity contribution >= 4 is 5.91 Å². The predicted molar refractivity (Wildman–Crippen MR) is 101 cm³/mol. The third kappa shape index (κ3) is 3.15. The van der Waals surface area contributed by atoms with Crippen LogP contribution in [0.3, 0.4) is 0 Å². The summed E-state index contributed by atoms with van der Waals surface area (Å²) in [5.74, 6) is 1.95. The molecular formula is C21H23N3O4. The van der Waals surface area contributed by atoms with Crippen molar-refractivity contribution in [2.75, 3.05) is 13.1 Å². The number of benzene rings is 1. The van der Waals surface area contributed by atoms with Gasteiger partial charge in [0, 0.05) is 31.0 Å². The number of aromatic nitrogens is 2. The van der Waals surface area contributed by atoms with Gasteiger partial charge in [0.05, 0.1) is 12.2 Å². The lowest BCUT2D eigenvalue weighted by atomic mass is 9.98. The minimum absolute atomic E-state index is 0.0645. The highest BCUT2D eigenvalue weighted by atomic mass is 16.6. The van der Waals surface area contributed by atoms with Gasteiger partial charge in [-0.3, -0.25) is 9.59 Å². The molecule has 0 bridgehead atoms. The van der Waals surface area contributed by atoms with Crippen LogP contribution in [-0.4, -0.2) is 45.9 Å². The lowest BCUT2D eigenvalue weighted by Gasteiger charge is -2.42. The number of carbonyl (C=O) groups is 1. The van der Waals surface area contributed by atoms with E-state index in [0.29, 0.717) is 37.1 Å². The highest BCUT2D eigenvalue weighted by Gasteiger charge is 2.41. The summed E-state index contributed by atoms with van der Waals surface area (Å²) in [6.45, 7) is 3.61. The van der Waals surface area contributed by atoms with Crippen molar-refractivity contribution in [3.8, 4) is 11.5 Å². The molecule has 1 aromatic heterocycles. The average Bonchev–Trinajstić information content (AvgIpc) is 3.50. The summed E-state index contributed by atoms with van der Waals surface area (Å²) in [5.41, 5.74) is 0.926. The Morgan fingerprint density at radius 3 is 2.54 bits per heavy atom. The number of rotatable bonds is 4. The minimum atomic E-state index is -0.644. The second-order valence-corrected chi connectivity index (χ2v) is 7.97. The van der Waals surface area contributed by atoms with Crippen LogP contribution < -0.4 is 15.0 Å². The SMILES string of the molecule is CC1Oc2ccccc2OC1C(=O)N1CC(Cn2nc(C3CC3)ccc2=O)C1. The molecule has 7 heteroatoms. The number of ether oxygens (including phenoxy) is 2. The fourth-order valence-electron chi connectivity index (χ4n) is 3.87. The number of hydrogen-bond donors (Lipinski definition) is 0. The van der Waals surface area contributed by atoms with Crippen LogP contribution >= 0.6 is 0 Å². The minimum Gasteiger partial charge on any atom is -0.482 e. The molecule has 3 heterocycles. The monoisotopic (exact) mass is 381 g/mol. The second kappa shape index (κ2) is 6.65. The van der Waals surface area contributed by atoms with Gasteiger partial charge in [-0.2, -0.15) is 5.10 Å². The molecular weight excluding hydrogens is 358 g/mol. The van der Waals surface area contributed by atoms with Crippen LogP contribution in [0.5, 0.6) is 11.5 Å². The van der Waals surface area contributed by atoms with E-state index < -0.39 is 6.10 Å². The van der Waals surface area contributed by atoms with Gasteiger partial charge >= 0.3 is 0 Å². The van der Waals surface area contributed by atoms with Crippen molar-refractivity contribution in [1.29, 1.82) is 0 Å². The number of likely N-dealkylation sites (tertiary alicyclic amines) is 1. The first-order chi connectivity index (χ1) is 13.6.